The van der Waals surface area contributed by atoms with Gasteiger partial charge in [0.2, 0.25) is 0 Å². The van der Waals surface area contributed by atoms with Gasteiger partial charge in [-0.15, -0.1) is 0 Å². The van der Waals surface area contributed by atoms with Crippen molar-refractivity contribution in [3.8, 4) is 0 Å². The van der Waals surface area contributed by atoms with Gasteiger partial charge >= 0.3 is 0 Å². The van der Waals surface area contributed by atoms with E-state index in [9.17, 15) is 0 Å². The molecule has 3 nitrogen and oxygen atoms in total. The number of nitrogens with one attached hydrogen (secondary N) is 1. The summed E-state index contributed by atoms with van der Waals surface area (Å²) in [5.41, 5.74) is -0.153. The van der Waals surface area contributed by atoms with Crippen molar-refractivity contribution in [3.05, 3.63) is 0 Å². The highest BCUT2D eigenvalue weighted by atomic mass is 32.2. The molecule has 4 heteroatoms. The maximum absolute atomic E-state index is 5.62. The van der Waals surface area contributed by atoms with Gasteiger partial charge in [-0.05, 0) is 26.7 Å². The normalized spacial score (nSPS) is 24.1. The quantitative estimate of drug-likeness (QED) is 0.807. The second-order valence-corrected chi connectivity index (χ2v) is 6.13. The molecule has 0 aromatic carbocycles. The highest BCUT2D eigenvalue weighted by molar-refractivity contribution is 8.14. The first-order valence-corrected chi connectivity index (χ1v) is 7.01. The summed E-state index contributed by atoms with van der Waals surface area (Å²) in [4.78, 5) is 4.59. The summed E-state index contributed by atoms with van der Waals surface area (Å²) >= 11 is 1.82. The molecule has 1 N–H and O–H groups in total. The molecule has 1 saturated heterocycles. The second-order valence-electron chi connectivity index (χ2n) is 5.12. The number of nitrogens with zero attached hydrogens (tertiary/aromatic N) is 1. The van der Waals surface area contributed by atoms with Crippen molar-refractivity contribution in [2.45, 2.75) is 46.3 Å². The van der Waals surface area contributed by atoms with Gasteiger partial charge in [-0.2, -0.15) is 0 Å². The summed E-state index contributed by atoms with van der Waals surface area (Å²) in [5, 5.41) is 4.54. The highest BCUT2D eigenvalue weighted by Crippen LogP contribution is 2.20. The summed E-state index contributed by atoms with van der Waals surface area (Å²) in [6.45, 7) is 12.1. The molecule has 1 atom stereocenters. The van der Waals surface area contributed by atoms with E-state index in [-0.39, 0.29) is 5.60 Å². The number of amidine groups is 1. The molecule has 0 bridgehead atoms. The van der Waals surface area contributed by atoms with Crippen LogP contribution in [0.25, 0.3) is 0 Å². The largest absolute Gasteiger partial charge is 0.374 e. The molecule has 0 aromatic rings. The van der Waals surface area contributed by atoms with Crippen LogP contribution in [0.5, 0.6) is 0 Å². The van der Waals surface area contributed by atoms with E-state index >= 15 is 0 Å². The molecule has 0 aliphatic carbocycles. The Hall–Kier alpha value is -0.220. The molecule has 1 heterocycles. The zero-order valence-electron chi connectivity index (χ0n) is 11.0. The van der Waals surface area contributed by atoms with Crippen molar-refractivity contribution in [3.63, 3.8) is 0 Å². The van der Waals surface area contributed by atoms with Gasteiger partial charge in [0.15, 0.2) is 5.17 Å². The topological polar surface area (TPSA) is 33.6 Å². The van der Waals surface area contributed by atoms with Gasteiger partial charge in [0.25, 0.3) is 0 Å². The summed E-state index contributed by atoms with van der Waals surface area (Å²) in [5.74, 6) is 1.80. The number of thioether (sulfide) groups is 1. The van der Waals surface area contributed by atoms with E-state index in [4.69, 9.17) is 4.74 Å². The van der Waals surface area contributed by atoms with Crippen LogP contribution < -0.4 is 5.32 Å². The Bertz CT molecular complexity index is 251. The lowest BCUT2D eigenvalue weighted by atomic mass is 10.1. The summed E-state index contributed by atoms with van der Waals surface area (Å²) in [6, 6.07) is 0.568. The van der Waals surface area contributed by atoms with Crippen LogP contribution in [-0.2, 0) is 4.74 Å². The first kappa shape index (κ1) is 13.8. The molecule has 0 unspecified atom stereocenters. The maximum Gasteiger partial charge on any atom is 0.156 e. The van der Waals surface area contributed by atoms with Gasteiger partial charge < -0.3 is 10.1 Å². The smallest absolute Gasteiger partial charge is 0.156 e. The van der Waals surface area contributed by atoms with Crippen LogP contribution in [0, 0.1) is 5.92 Å². The monoisotopic (exact) mass is 244 g/mol. The Labute approximate surface area is 103 Å². The first-order chi connectivity index (χ1) is 7.44. The standard InChI is InChI=1S/C12H24N2OS/c1-6-15-12(4,5)8-13-11-14-10(7-16-11)9(2)3/h9-10H,6-8H2,1-5H3,(H,13,14)/t10-/m1/s1. The van der Waals surface area contributed by atoms with Crippen LogP contribution in [0.2, 0.25) is 0 Å². The van der Waals surface area contributed by atoms with Crippen LogP contribution in [0.4, 0.5) is 0 Å². The average molecular weight is 244 g/mol. The third kappa shape index (κ3) is 4.34. The lowest BCUT2D eigenvalue weighted by molar-refractivity contribution is -0.00208. The van der Waals surface area contributed by atoms with Crippen LogP contribution in [0.3, 0.4) is 0 Å². The molecular formula is C12H24N2OS. The van der Waals surface area contributed by atoms with E-state index in [0.717, 1.165) is 24.1 Å². The molecule has 0 radical (unpaired) electrons. The zero-order chi connectivity index (χ0) is 12.2. The predicted octanol–water partition coefficient (Wildman–Crippen LogP) is 2.52. The lowest BCUT2D eigenvalue weighted by Gasteiger charge is -2.22. The van der Waals surface area contributed by atoms with E-state index in [0.29, 0.717) is 12.0 Å². The van der Waals surface area contributed by atoms with Crippen LogP contribution in [-0.4, -0.2) is 35.7 Å². The minimum Gasteiger partial charge on any atom is -0.374 e. The SMILES string of the molecule is CCOC(C)(C)CN=C1N[C@@H](C(C)C)CS1. The fourth-order valence-corrected chi connectivity index (χ4v) is 2.76. The summed E-state index contributed by atoms with van der Waals surface area (Å²) < 4.78 is 5.62. The highest BCUT2D eigenvalue weighted by Gasteiger charge is 2.24. The van der Waals surface area contributed by atoms with E-state index in [2.05, 4.69) is 38.0 Å². The Morgan fingerprint density at radius 2 is 2.25 bits per heavy atom. The Morgan fingerprint density at radius 3 is 2.75 bits per heavy atom. The van der Waals surface area contributed by atoms with E-state index < -0.39 is 0 Å². The maximum atomic E-state index is 5.62. The second kappa shape index (κ2) is 5.92. The molecule has 16 heavy (non-hydrogen) atoms. The van der Waals surface area contributed by atoms with Gasteiger partial charge in [0, 0.05) is 18.4 Å². The van der Waals surface area contributed by atoms with Crippen molar-refractivity contribution < 1.29 is 4.74 Å². The number of ether oxygens (including phenoxy) is 1. The summed E-state index contributed by atoms with van der Waals surface area (Å²) in [6.07, 6.45) is 0. The van der Waals surface area contributed by atoms with Crippen LogP contribution >= 0.6 is 11.8 Å². The van der Waals surface area contributed by atoms with Crippen LogP contribution in [0.15, 0.2) is 4.99 Å². The van der Waals surface area contributed by atoms with Crippen molar-refractivity contribution in [2.24, 2.45) is 10.9 Å². The minimum atomic E-state index is -0.153. The van der Waals surface area contributed by atoms with Crippen LogP contribution in [0.1, 0.15) is 34.6 Å². The Balaban J connectivity index is 2.42. The molecule has 1 aliphatic heterocycles. The summed E-state index contributed by atoms with van der Waals surface area (Å²) in [7, 11) is 0. The van der Waals surface area contributed by atoms with E-state index in [1.165, 1.54) is 0 Å². The fourth-order valence-electron chi connectivity index (χ4n) is 1.56. The molecule has 0 aromatic heterocycles. The molecular weight excluding hydrogens is 220 g/mol. The number of aliphatic imine (C=N–C) groups is 1. The average Bonchev–Trinajstić information content (AvgIpc) is 2.63. The Morgan fingerprint density at radius 1 is 1.56 bits per heavy atom. The van der Waals surface area contributed by atoms with Crippen molar-refractivity contribution in [1.29, 1.82) is 0 Å². The number of hydrogen-bond acceptors (Lipinski definition) is 3. The van der Waals surface area contributed by atoms with Crippen molar-refractivity contribution in [2.75, 3.05) is 18.9 Å². The number of hydrogen-bond donors (Lipinski definition) is 1. The zero-order valence-corrected chi connectivity index (χ0v) is 11.9. The molecule has 94 valence electrons. The first-order valence-electron chi connectivity index (χ1n) is 6.02. The van der Waals surface area contributed by atoms with Gasteiger partial charge in [-0.25, -0.2) is 0 Å². The van der Waals surface area contributed by atoms with E-state index in [1.807, 2.05) is 18.7 Å². The van der Waals surface area contributed by atoms with Gasteiger partial charge in [0.05, 0.1) is 12.1 Å². The molecule has 1 rings (SSSR count). The van der Waals surface area contributed by atoms with Crippen molar-refractivity contribution >= 4 is 16.9 Å². The van der Waals surface area contributed by atoms with E-state index in [1.54, 1.807) is 0 Å². The predicted molar refractivity (Wildman–Crippen MR) is 72.2 cm³/mol. The lowest BCUT2D eigenvalue weighted by Crippen LogP contribution is -2.33. The Kier molecular flexibility index (Phi) is 5.12. The fraction of sp³-hybridized carbons (Fsp3) is 0.917. The molecule has 1 fully saturated rings. The molecule has 0 spiro atoms. The minimum absolute atomic E-state index is 0.153. The van der Waals surface area contributed by atoms with Crippen molar-refractivity contribution in [1.82, 2.24) is 5.32 Å². The third-order valence-corrected chi connectivity index (χ3v) is 3.70. The third-order valence-electron chi connectivity index (χ3n) is 2.65. The number of rotatable bonds is 5. The molecule has 0 saturated carbocycles. The molecule has 1 aliphatic rings. The van der Waals surface area contributed by atoms with Gasteiger partial charge in [-0.3, -0.25) is 4.99 Å². The van der Waals surface area contributed by atoms with Gasteiger partial charge in [0.1, 0.15) is 0 Å². The molecule has 0 amide bonds. The van der Waals surface area contributed by atoms with Gasteiger partial charge in [-0.1, -0.05) is 25.6 Å².